The first kappa shape index (κ1) is 17.9. The molecule has 2 rings (SSSR count). The Morgan fingerprint density at radius 2 is 1.96 bits per heavy atom. The molecule has 1 heterocycles. The molecule has 0 saturated carbocycles. The number of aliphatic hydroxyl groups is 1. The second-order valence-electron chi connectivity index (χ2n) is 6.10. The maximum atomic E-state index is 11.9. The third-order valence-electron chi connectivity index (χ3n) is 3.39. The van der Waals surface area contributed by atoms with Crippen molar-refractivity contribution in [1.29, 1.82) is 0 Å². The third kappa shape index (κ3) is 5.31. The number of benzene rings is 1. The lowest BCUT2D eigenvalue weighted by molar-refractivity contribution is 0.0367. The number of hydrogen-bond acceptors (Lipinski definition) is 4. The van der Waals surface area contributed by atoms with E-state index in [9.17, 15) is 9.90 Å². The fraction of sp³-hybridized carbons (Fsp3) is 0.389. The van der Waals surface area contributed by atoms with E-state index in [4.69, 9.17) is 9.15 Å². The van der Waals surface area contributed by atoms with Crippen LogP contribution in [0.3, 0.4) is 0 Å². The average Bonchev–Trinajstić information content (AvgIpc) is 3.07. The molecule has 3 N–H and O–H groups in total. The number of carbonyl (C=O) groups excluding carboxylic acids is 1. The summed E-state index contributed by atoms with van der Waals surface area (Å²) in [5.74, 6) is 1.20. The number of hydrogen-bond donors (Lipinski definition) is 3. The molecular weight excluding hydrogens is 308 g/mol. The summed E-state index contributed by atoms with van der Waals surface area (Å²) in [6, 6.07) is 10.5. The highest BCUT2D eigenvalue weighted by atomic mass is 16.5. The molecule has 0 spiro atoms. The standard InChI is InChI=1S/C18H24N2O4/c1-13(2)24-15-8-6-14(7-9-15)11-19-17(21)20-12-18(3,22)16-5-4-10-23-16/h4-10,13,22H,11-12H2,1-3H3,(H2,19,20,21). The summed E-state index contributed by atoms with van der Waals surface area (Å²) in [6.45, 7) is 5.96. The second kappa shape index (κ2) is 7.88. The molecule has 0 aliphatic carbocycles. The van der Waals surface area contributed by atoms with Crippen LogP contribution in [0.5, 0.6) is 5.75 Å². The molecule has 24 heavy (non-hydrogen) atoms. The van der Waals surface area contributed by atoms with E-state index in [0.29, 0.717) is 12.3 Å². The SMILES string of the molecule is CC(C)Oc1ccc(CNC(=O)NCC(C)(O)c2ccco2)cc1. The first-order chi connectivity index (χ1) is 11.4. The normalized spacial score (nSPS) is 13.4. The Labute approximate surface area is 141 Å². The fourth-order valence-electron chi connectivity index (χ4n) is 2.13. The van der Waals surface area contributed by atoms with Crippen molar-refractivity contribution in [3.8, 4) is 5.75 Å². The van der Waals surface area contributed by atoms with E-state index >= 15 is 0 Å². The van der Waals surface area contributed by atoms with Crippen molar-refractivity contribution in [2.24, 2.45) is 0 Å². The zero-order valence-corrected chi connectivity index (χ0v) is 14.2. The molecule has 0 aliphatic rings. The van der Waals surface area contributed by atoms with Crippen LogP contribution in [0.1, 0.15) is 32.1 Å². The maximum Gasteiger partial charge on any atom is 0.315 e. The van der Waals surface area contributed by atoms with Crippen LogP contribution in [0.15, 0.2) is 47.1 Å². The van der Waals surface area contributed by atoms with Gasteiger partial charge in [0, 0.05) is 6.54 Å². The Hall–Kier alpha value is -2.47. The Morgan fingerprint density at radius 1 is 1.25 bits per heavy atom. The Morgan fingerprint density at radius 3 is 2.54 bits per heavy atom. The Balaban J connectivity index is 1.77. The smallest absolute Gasteiger partial charge is 0.315 e. The van der Waals surface area contributed by atoms with Crippen LogP contribution in [-0.2, 0) is 12.1 Å². The minimum absolute atomic E-state index is 0.0491. The van der Waals surface area contributed by atoms with Crippen molar-refractivity contribution in [2.45, 2.75) is 39.0 Å². The fourth-order valence-corrected chi connectivity index (χ4v) is 2.13. The second-order valence-corrected chi connectivity index (χ2v) is 6.10. The van der Waals surface area contributed by atoms with Gasteiger partial charge in [-0.1, -0.05) is 12.1 Å². The van der Waals surface area contributed by atoms with E-state index in [1.807, 2.05) is 38.1 Å². The first-order valence-corrected chi connectivity index (χ1v) is 7.90. The topological polar surface area (TPSA) is 83.7 Å². The number of amides is 2. The van der Waals surface area contributed by atoms with Crippen molar-refractivity contribution in [3.63, 3.8) is 0 Å². The number of ether oxygens (including phenoxy) is 1. The molecule has 1 aromatic heterocycles. The van der Waals surface area contributed by atoms with Gasteiger partial charge in [0.15, 0.2) is 0 Å². The lowest BCUT2D eigenvalue weighted by Gasteiger charge is -2.21. The van der Waals surface area contributed by atoms with Crippen LogP contribution in [0.4, 0.5) is 4.79 Å². The van der Waals surface area contributed by atoms with Gasteiger partial charge in [0.25, 0.3) is 0 Å². The Bertz CT molecular complexity index is 634. The highest BCUT2D eigenvalue weighted by Gasteiger charge is 2.26. The minimum atomic E-state index is -1.25. The number of nitrogens with one attached hydrogen (secondary N) is 2. The van der Waals surface area contributed by atoms with Crippen molar-refractivity contribution < 1.29 is 19.1 Å². The zero-order valence-electron chi connectivity index (χ0n) is 14.2. The first-order valence-electron chi connectivity index (χ1n) is 7.90. The van der Waals surface area contributed by atoms with Gasteiger partial charge in [0.05, 0.1) is 18.9 Å². The van der Waals surface area contributed by atoms with E-state index < -0.39 is 5.60 Å². The third-order valence-corrected chi connectivity index (χ3v) is 3.39. The van der Waals surface area contributed by atoms with Gasteiger partial charge in [-0.05, 0) is 50.6 Å². The van der Waals surface area contributed by atoms with Crippen LogP contribution in [0, 0.1) is 0 Å². The van der Waals surface area contributed by atoms with Crippen molar-refractivity contribution >= 4 is 6.03 Å². The number of carbonyl (C=O) groups is 1. The van der Waals surface area contributed by atoms with E-state index in [2.05, 4.69) is 10.6 Å². The molecule has 0 fully saturated rings. The zero-order chi connectivity index (χ0) is 17.6. The number of urea groups is 1. The van der Waals surface area contributed by atoms with Crippen LogP contribution in [-0.4, -0.2) is 23.8 Å². The molecule has 6 nitrogen and oxygen atoms in total. The maximum absolute atomic E-state index is 11.9. The molecular formula is C18H24N2O4. The van der Waals surface area contributed by atoms with E-state index in [1.165, 1.54) is 6.26 Å². The van der Waals surface area contributed by atoms with Gasteiger partial charge in [0.2, 0.25) is 0 Å². The van der Waals surface area contributed by atoms with Gasteiger partial charge >= 0.3 is 6.03 Å². The van der Waals surface area contributed by atoms with Crippen molar-refractivity contribution in [3.05, 3.63) is 54.0 Å². The van der Waals surface area contributed by atoms with Crippen molar-refractivity contribution in [1.82, 2.24) is 10.6 Å². The van der Waals surface area contributed by atoms with Crippen LogP contribution >= 0.6 is 0 Å². The van der Waals surface area contributed by atoms with Gasteiger partial charge in [-0.25, -0.2) is 4.79 Å². The monoisotopic (exact) mass is 332 g/mol. The largest absolute Gasteiger partial charge is 0.491 e. The average molecular weight is 332 g/mol. The van der Waals surface area contributed by atoms with Gasteiger partial charge in [0.1, 0.15) is 17.1 Å². The minimum Gasteiger partial charge on any atom is -0.491 e. The quantitative estimate of drug-likeness (QED) is 0.728. The lowest BCUT2D eigenvalue weighted by atomic mass is 10.0. The number of furan rings is 1. The predicted octanol–water partition coefficient (Wildman–Crippen LogP) is 2.77. The molecule has 0 bridgehead atoms. The summed E-state index contributed by atoms with van der Waals surface area (Å²) >= 11 is 0. The molecule has 2 amide bonds. The predicted molar refractivity (Wildman–Crippen MR) is 90.7 cm³/mol. The van der Waals surface area contributed by atoms with Gasteiger partial charge in [-0.3, -0.25) is 0 Å². The summed E-state index contributed by atoms with van der Waals surface area (Å²) in [5, 5.41) is 15.6. The summed E-state index contributed by atoms with van der Waals surface area (Å²) in [5.41, 5.74) is -0.296. The molecule has 6 heteroatoms. The molecule has 1 unspecified atom stereocenters. The molecule has 130 valence electrons. The summed E-state index contributed by atoms with van der Waals surface area (Å²) in [7, 11) is 0. The van der Waals surface area contributed by atoms with E-state index in [0.717, 1.165) is 11.3 Å². The van der Waals surface area contributed by atoms with Crippen molar-refractivity contribution in [2.75, 3.05) is 6.54 Å². The number of rotatable bonds is 7. The summed E-state index contributed by atoms with van der Waals surface area (Å²) < 4.78 is 10.7. The van der Waals surface area contributed by atoms with Crippen LogP contribution in [0.2, 0.25) is 0 Å². The molecule has 1 atom stereocenters. The highest BCUT2D eigenvalue weighted by molar-refractivity contribution is 5.73. The van der Waals surface area contributed by atoms with E-state index in [-0.39, 0.29) is 18.7 Å². The lowest BCUT2D eigenvalue weighted by Crippen LogP contribution is -2.43. The molecule has 1 aromatic carbocycles. The summed E-state index contributed by atoms with van der Waals surface area (Å²) in [6.07, 6.45) is 1.61. The van der Waals surface area contributed by atoms with E-state index in [1.54, 1.807) is 19.1 Å². The highest BCUT2D eigenvalue weighted by Crippen LogP contribution is 2.19. The summed E-state index contributed by atoms with van der Waals surface area (Å²) in [4.78, 5) is 11.9. The van der Waals surface area contributed by atoms with Crippen LogP contribution in [0.25, 0.3) is 0 Å². The van der Waals surface area contributed by atoms with Gasteiger partial charge in [-0.2, -0.15) is 0 Å². The Kier molecular flexibility index (Phi) is 5.87. The molecule has 0 radical (unpaired) electrons. The van der Waals surface area contributed by atoms with Gasteiger partial charge in [-0.15, -0.1) is 0 Å². The molecule has 0 saturated heterocycles. The molecule has 0 aliphatic heterocycles. The molecule has 2 aromatic rings. The van der Waals surface area contributed by atoms with Crippen LogP contribution < -0.4 is 15.4 Å². The van der Waals surface area contributed by atoms with Gasteiger partial charge < -0.3 is 24.9 Å².